The second kappa shape index (κ2) is 9.20. The number of halogens is 1. The molecule has 0 aliphatic heterocycles. The zero-order valence-corrected chi connectivity index (χ0v) is 15.0. The van der Waals surface area contributed by atoms with Gasteiger partial charge in [-0.15, -0.1) is 0 Å². The van der Waals surface area contributed by atoms with Crippen LogP contribution in [0.4, 0.5) is 5.69 Å². The topological polar surface area (TPSA) is 72.0 Å². The molecule has 0 aliphatic rings. The first-order chi connectivity index (χ1) is 12.0. The molecule has 0 aliphatic carbocycles. The number of esters is 1. The predicted octanol–water partition coefficient (Wildman–Crippen LogP) is 2.78. The second-order valence-corrected chi connectivity index (χ2v) is 6.06. The number of anilines is 1. The van der Waals surface area contributed by atoms with Gasteiger partial charge >= 0.3 is 5.97 Å². The highest BCUT2D eigenvalue weighted by atomic mass is 35.5. The standard InChI is InChI=1S/C19H21ClN2O3/c1-3-25-19(24)15-6-10-17(11-7-15)22-18(23)12-21-13(2)14-4-8-16(20)9-5-14/h4-11,13,21H,3,12H2,1-2H3,(H,22,23)/p+1/t13-/m1/s1. The van der Waals surface area contributed by atoms with Crippen LogP contribution in [0.5, 0.6) is 0 Å². The lowest BCUT2D eigenvalue weighted by atomic mass is 10.1. The van der Waals surface area contributed by atoms with Crippen molar-refractivity contribution in [3.8, 4) is 0 Å². The summed E-state index contributed by atoms with van der Waals surface area (Å²) in [6.45, 7) is 4.42. The average molecular weight is 362 g/mol. The van der Waals surface area contributed by atoms with Gasteiger partial charge in [0.1, 0.15) is 6.04 Å². The van der Waals surface area contributed by atoms with E-state index in [0.717, 1.165) is 5.56 Å². The molecular formula is C19H22ClN2O3+. The van der Waals surface area contributed by atoms with Crippen LogP contribution in [-0.2, 0) is 9.53 Å². The van der Waals surface area contributed by atoms with Crippen molar-refractivity contribution in [2.75, 3.05) is 18.5 Å². The third-order valence-corrected chi connectivity index (χ3v) is 3.98. The Kier molecular flexibility index (Phi) is 6.98. The summed E-state index contributed by atoms with van der Waals surface area (Å²) in [6.07, 6.45) is 0. The van der Waals surface area contributed by atoms with Crippen molar-refractivity contribution < 1.29 is 19.6 Å². The number of nitrogens with two attached hydrogens (primary N) is 1. The lowest BCUT2D eigenvalue weighted by Crippen LogP contribution is -2.86. The van der Waals surface area contributed by atoms with Crippen LogP contribution in [0.2, 0.25) is 5.02 Å². The fourth-order valence-electron chi connectivity index (χ4n) is 2.30. The van der Waals surface area contributed by atoms with Gasteiger partial charge in [0.05, 0.1) is 12.2 Å². The molecule has 5 nitrogen and oxygen atoms in total. The largest absolute Gasteiger partial charge is 0.462 e. The molecule has 0 radical (unpaired) electrons. The maximum Gasteiger partial charge on any atom is 0.338 e. The van der Waals surface area contributed by atoms with E-state index in [0.29, 0.717) is 29.4 Å². The molecule has 0 aromatic heterocycles. The number of carbonyl (C=O) groups excluding carboxylic acids is 2. The predicted molar refractivity (Wildman–Crippen MR) is 97.7 cm³/mol. The van der Waals surface area contributed by atoms with E-state index < -0.39 is 0 Å². The van der Waals surface area contributed by atoms with E-state index in [1.807, 2.05) is 36.5 Å². The summed E-state index contributed by atoms with van der Waals surface area (Å²) in [5, 5.41) is 5.46. The molecule has 0 saturated carbocycles. The minimum absolute atomic E-state index is 0.107. The number of amides is 1. The first kappa shape index (κ1) is 19.0. The number of benzene rings is 2. The van der Waals surface area contributed by atoms with Gasteiger partial charge in [0.15, 0.2) is 6.54 Å². The van der Waals surface area contributed by atoms with Gasteiger partial charge < -0.3 is 15.4 Å². The maximum atomic E-state index is 12.1. The molecule has 6 heteroatoms. The quantitative estimate of drug-likeness (QED) is 0.745. The van der Waals surface area contributed by atoms with E-state index in [2.05, 4.69) is 5.32 Å². The number of hydrogen-bond acceptors (Lipinski definition) is 3. The van der Waals surface area contributed by atoms with Crippen LogP contribution in [0.25, 0.3) is 0 Å². The van der Waals surface area contributed by atoms with E-state index >= 15 is 0 Å². The normalized spacial score (nSPS) is 11.6. The summed E-state index contributed by atoms with van der Waals surface area (Å²) in [5.74, 6) is -0.477. The van der Waals surface area contributed by atoms with Crippen LogP contribution in [0.15, 0.2) is 48.5 Å². The molecule has 0 saturated heterocycles. The molecule has 0 fully saturated rings. The molecule has 0 heterocycles. The van der Waals surface area contributed by atoms with Gasteiger partial charge in [-0.3, -0.25) is 4.79 Å². The van der Waals surface area contributed by atoms with E-state index in [1.165, 1.54) is 0 Å². The molecule has 2 aromatic carbocycles. The Morgan fingerprint density at radius 2 is 1.76 bits per heavy atom. The molecule has 1 atom stereocenters. The van der Waals surface area contributed by atoms with Crippen LogP contribution in [0.3, 0.4) is 0 Å². The lowest BCUT2D eigenvalue weighted by molar-refractivity contribution is -0.682. The Morgan fingerprint density at radius 1 is 1.12 bits per heavy atom. The van der Waals surface area contributed by atoms with Gasteiger partial charge in [-0.05, 0) is 50.2 Å². The number of nitrogens with one attached hydrogen (secondary N) is 1. The lowest BCUT2D eigenvalue weighted by Gasteiger charge is -2.11. The van der Waals surface area contributed by atoms with Crippen molar-refractivity contribution in [2.24, 2.45) is 0 Å². The van der Waals surface area contributed by atoms with Crippen LogP contribution < -0.4 is 10.6 Å². The number of rotatable bonds is 7. The molecular weight excluding hydrogens is 340 g/mol. The Balaban J connectivity index is 1.83. The van der Waals surface area contributed by atoms with E-state index in [1.54, 1.807) is 31.2 Å². The van der Waals surface area contributed by atoms with Gasteiger partial charge in [0.2, 0.25) is 0 Å². The Bertz CT molecular complexity index is 714. The van der Waals surface area contributed by atoms with Crippen molar-refractivity contribution >= 4 is 29.2 Å². The monoisotopic (exact) mass is 361 g/mol. The summed E-state index contributed by atoms with van der Waals surface area (Å²) in [4.78, 5) is 23.7. The minimum Gasteiger partial charge on any atom is -0.462 e. The fourth-order valence-corrected chi connectivity index (χ4v) is 2.43. The number of hydrogen-bond donors (Lipinski definition) is 2. The molecule has 25 heavy (non-hydrogen) atoms. The molecule has 2 aromatic rings. The molecule has 0 spiro atoms. The summed E-state index contributed by atoms with van der Waals surface area (Å²) in [7, 11) is 0. The highest BCUT2D eigenvalue weighted by molar-refractivity contribution is 6.30. The van der Waals surface area contributed by atoms with Crippen LogP contribution in [0.1, 0.15) is 35.8 Å². The van der Waals surface area contributed by atoms with Gasteiger partial charge in [-0.2, -0.15) is 0 Å². The highest BCUT2D eigenvalue weighted by Gasteiger charge is 2.12. The van der Waals surface area contributed by atoms with E-state index in [-0.39, 0.29) is 17.9 Å². The third kappa shape index (κ3) is 5.89. The summed E-state index contributed by atoms with van der Waals surface area (Å²) < 4.78 is 4.92. The van der Waals surface area contributed by atoms with Gasteiger partial charge in [-0.25, -0.2) is 4.79 Å². The SMILES string of the molecule is CCOC(=O)c1ccc(NC(=O)C[NH2+][C@H](C)c2ccc(Cl)cc2)cc1. The summed E-state index contributed by atoms with van der Waals surface area (Å²) in [5.41, 5.74) is 2.21. The Morgan fingerprint density at radius 3 is 2.36 bits per heavy atom. The second-order valence-electron chi connectivity index (χ2n) is 5.63. The first-order valence-corrected chi connectivity index (χ1v) is 8.53. The Labute approximate surface area is 152 Å². The number of quaternary nitrogens is 1. The van der Waals surface area contributed by atoms with E-state index in [9.17, 15) is 9.59 Å². The highest BCUT2D eigenvalue weighted by Crippen LogP contribution is 2.13. The average Bonchev–Trinajstić information content (AvgIpc) is 2.61. The van der Waals surface area contributed by atoms with Gasteiger partial charge in [-0.1, -0.05) is 23.7 Å². The molecule has 132 valence electrons. The van der Waals surface area contributed by atoms with Gasteiger partial charge in [0.25, 0.3) is 5.91 Å². The van der Waals surface area contributed by atoms with Gasteiger partial charge in [0, 0.05) is 16.3 Å². The van der Waals surface area contributed by atoms with Crippen LogP contribution >= 0.6 is 11.6 Å². The molecule has 0 bridgehead atoms. The third-order valence-electron chi connectivity index (χ3n) is 3.73. The summed E-state index contributed by atoms with van der Waals surface area (Å²) in [6, 6.07) is 14.4. The molecule has 0 unspecified atom stereocenters. The van der Waals surface area contributed by atoms with Crippen LogP contribution in [-0.4, -0.2) is 25.0 Å². The van der Waals surface area contributed by atoms with Crippen molar-refractivity contribution in [3.63, 3.8) is 0 Å². The molecule has 2 rings (SSSR count). The fraction of sp³-hybridized carbons (Fsp3) is 0.263. The number of ether oxygens (including phenoxy) is 1. The van der Waals surface area contributed by atoms with Crippen molar-refractivity contribution in [3.05, 3.63) is 64.7 Å². The number of carbonyl (C=O) groups is 2. The van der Waals surface area contributed by atoms with E-state index in [4.69, 9.17) is 16.3 Å². The van der Waals surface area contributed by atoms with Crippen molar-refractivity contribution in [1.82, 2.24) is 0 Å². The summed E-state index contributed by atoms with van der Waals surface area (Å²) >= 11 is 5.88. The molecule has 3 N–H and O–H groups in total. The minimum atomic E-state index is -0.370. The molecule has 1 amide bonds. The van der Waals surface area contributed by atoms with Crippen molar-refractivity contribution in [1.29, 1.82) is 0 Å². The maximum absolute atomic E-state index is 12.1. The zero-order valence-electron chi connectivity index (χ0n) is 14.3. The Hall–Kier alpha value is -2.37. The first-order valence-electron chi connectivity index (χ1n) is 8.15. The van der Waals surface area contributed by atoms with Crippen LogP contribution in [0, 0.1) is 0 Å². The zero-order chi connectivity index (χ0) is 18.2. The van der Waals surface area contributed by atoms with Crippen molar-refractivity contribution in [2.45, 2.75) is 19.9 Å². The smallest absolute Gasteiger partial charge is 0.338 e.